The van der Waals surface area contributed by atoms with Gasteiger partial charge in [0.2, 0.25) is 0 Å². The number of cyclic esters (lactones) is 1. The molecule has 260 valence electrons. The third kappa shape index (κ3) is 13.2. The van der Waals surface area contributed by atoms with Crippen LogP contribution >= 0.6 is 0 Å². The van der Waals surface area contributed by atoms with Crippen molar-refractivity contribution in [2.75, 3.05) is 6.79 Å². The maximum atomic E-state index is 11.7. The summed E-state index contributed by atoms with van der Waals surface area (Å²) in [5.41, 5.74) is 0.860. The summed E-state index contributed by atoms with van der Waals surface area (Å²) in [6, 6.07) is 0. The molecule has 8 atom stereocenters. The van der Waals surface area contributed by atoms with Crippen molar-refractivity contribution in [3.05, 3.63) is 11.6 Å². The highest BCUT2D eigenvalue weighted by molar-refractivity contribution is 5.90. The van der Waals surface area contributed by atoms with Gasteiger partial charge in [-0.3, -0.25) is 0 Å². The molecule has 0 aromatic rings. The summed E-state index contributed by atoms with van der Waals surface area (Å²) < 4.78 is 30.3. The number of carbonyl (C=O) groups is 1. The fourth-order valence-electron chi connectivity index (χ4n) is 7.82. The van der Waals surface area contributed by atoms with Crippen LogP contribution in [0.4, 0.5) is 0 Å². The Hall–Kier alpha value is -0.990. The zero-order valence-electron chi connectivity index (χ0n) is 28.8. The van der Waals surface area contributed by atoms with Gasteiger partial charge in [-0.2, -0.15) is 0 Å². The second kappa shape index (κ2) is 21.1. The average Bonchev–Trinajstić information content (AvgIpc) is 3.74. The van der Waals surface area contributed by atoms with E-state index >= 15 is 0 Å². The largest absolute Gasteiger partial charge is 0.455 e. The fourth-order valence-corrected chi connectivity index (χ4v) is 7.82. The SMILES string of the molecule is CCCCCCCCCCCC[C@@H](O)[C@H]1CC[C@H]([C@H]2CC[C@@H]([C@@H]3CC[C@@H](CCCCCCCC4=C[C@H](C)OC4=O)O3)OCO2)O1. The van der Waals surface area contributed by atoms with Crippen molar-refractivity contribution in [2.45, 2.75) is 217 Å². The highest BCUT2D eigenvalue weighted by Gasteiger charge is 2.39. The summed E-state index contributed by atoms with van der Waals surface area (Å²) in [6.07, 6.45) is 29.9. The Balaban J connectivity index is 1.01. The van der Waals surface area contributed by atoms with Crippen LogP contribution in [0.15, 0.2) is 11.6 Å². The lowest BCUT2D eigenvalue weighted by Crippen LogP contribution is -2.32. The van der Waals surface area contributed by atoms with Crippen LogP contribution in [0.1, 0.15) is 168 Å². The third-order valence-electron chi connectivity index (χ3n) is 10.6. The lowest BCUT2D eigenvalue weighted by Gasteiger charge is -2.24. The van der Waals surface area contributed by atoms with Crippen molar-refractivity contribution >= 4 is 5.97 Å². The molecule has 0 spiro atoms. The van der Waals surface area contributed by atoms with Crippen LogP contribution < -0.4 is 0 Å². The van der Waals surface area contributed by atoms with Crippen molar-refractivity contribution in [3.8, 4) is 0 Å². The van der Waals surface area contributed by atoms with E-state index in [2.05, 4.69) is 6.92 Å². The first kappa shape index (κ1) is 36.8. The predicted molar refractivity (Wildman–Crippen MR) is 178 cm³/mol. The van der Waals surface area contributed by atoms with Crippen molar-refractivity contribution in [2.24, 2.45) is 0 Å². The van der Waals surface area contributed by atoms with E-state index in [1.54, 1.807) is 0 Å². The molecule has 3 saturated heterocycles. The first-order valence-electron chi connectivity index (χ1n) is 19.2. The van der Waals surface area contributed by atoms with E-state index in [1.165, 1.54) is 77.0 Å². The minimum atomic E-state index is -0.359. The van der Waals surface area contributed by atoms with Gasteiger partial charge in [0.15, 0.2) is 0 Å². The van der Waals surface area contributed by atoms with Gasteiger partial charge in [0, 0.05) is 5.57 Å². The molecule has 0 bridgehead atoms. The molecule has 4 rings (SSSR count). The first-order valence-corrected chi connectivity index (χ1v) is 19.2. The zero-order valence-corrected chi connectivity index (χ0v) is 28.8. The fraction of sp³-hybridized carbons (Fsp3) is 0.921. The van der Waals surface area contributed by atoms with Crippen molar-refractivity contribution in [1.82, 2.24) is 0 Å². The first-order chi connectivity index (χ1) is 22.0. The number of ether oxygens (including phenoxy) is 5. The Morgan fingerprint density at radius 2 is 1.29 bits per heavy atom. The third-order valence-corrected chi connectivity index (χ3v) is 10.6. The molecule has 0 amide bonds. The Morgan fingerprint density at radius 1 is 0.711 bits per heavy atom. The van der Waals surface area contributed by atoms with Gasteiger partial charge in [-0.1, -0.05) is 96.8 Å². The molecular weight excluding hydrogens is 568 g/mol. The maximum absolute atomic E-state index is 11.7. The highest BCUT2D eigenvalue weighted by atomic mass is 16.7. The van der Waals surface area contributed by atoms with Crippen molar-refractivity contribution < 1.29 is 33.6 Å². The highest BCUT2D eigenvalue weighted by Crippen LogP contribution is 2.34. The van der Waals surface area contributed by atoms with Gasteiger partial charge < -0.3 is 28.8 Å². The number of unbranched alkanes of at least 4 members (excludes halogenated alkanes) is 13. The molecule has 0 aromatic carbocycles. The molecule has 7 nitrogen and oxygen atoms in total. The number of aliphatic hydroxyl groups excluding tert-OH is 1. The second-order valence-corrected chi connectivity index (χ2v) is 14.4. The Kier molecular flexibility index (Phi) is 17.3. The number of carbonyl (C=O) groups excluding carboxylic acids is 1. The quantitative estimate of drug-likeness (QED) is 0.0941. The van der Waals surface area contributed by atoms with Crippen LogP contribution in [0.3, 0.4) is 0 Å². The Morgan fingerprint density at radius 3 is 1.96 bits per heavy atom. The zero-order chi connectivity index (χ0) is 31.7. The van der Waals surface area contributed by atoms with Crippen LogP contribution in [-0.2, 0) is 28.5 Å². The summed E-state index contributed by atoms with van der Waals surface area (Å²) in [5, 5.41) is 10.8. The number of hydrogen-bond donors (Lipinski definition) is 1. The normalized spacial score (nSPS) is 31.2. The number of aliphatic hydroxyl groups is 1. The topological polar surface area (TPSA) is 83.5 Å². The molecule has 4 aliphatic heterocycles. The van der Waals surface area contributed by atoms with Crippen molar-refractivity contribution in [3.63, 3.8) is 0 Å². The molecule has 0 unspecified atom stereocenters. The summed E-state index contributed by atoms with van der Waals surface area (Å²) in [4.78, 5) is 11.7. The van der Waals surface area contributed by atoms with Crippen molar-refractivity contribution in [1.29, 1.82) is 0 Å². The molecule has 0 radical (unpaired) electrons. The maximum Gasteiger partial charge on any atom is 0.334 e. The molecule has 4 aliphatic rings. The number of hydrogen-bond acceptors (Lipinski definition) is 7. The summed E-state index contributed by atoms with van der Waals surface area (Å²) in [7, 11) is 0. The molecular formula is C38H66O7. The molecule has 0 aliphatic carbocycles. The summed E-state index contributed by atoms with van der Waals surface area (Å²) >= 11 is 0. The van der Waals surface area contributed by atoms with Gasteiger partial charge in [0.05, 0.1) is 42.7 Å². The van der Waals surface area contributed by atoms with Gasteiger partial charge in [-0.05, 0) is 77.2 Å². The van der Waals surface area contributed by atoms with Crippen LogP contribution in [0, 0.1) is 0 Å². The molecule has 4 heterocycles. The van der Waals surface area contributed by atoms with E-state index in [0.717, 1.165) is 82.6 Å². The van der Waals surface area contributed by atoms with E-state index in [0.29, 0.717) is 12.9 Å². The average molecular weight is 635 g/mol. The molecule has 45 heavy (non-hydrogen) atoms. The van der Waals surface area contributed by atoms with Gasteiger partial charge >= 0.3 is 5.97 Å². The van der Waals surface area contributed by atoms with E-state index in [-0.39, 0.29) is 48.7 Å². The summed E-state index contributed by atoms with van der Waals surface area (Å²) in [5.74, 6) is -0.125. The number of esters is 1. The Labute approximate surface area is 274 Å². The minimum absolute atomic E-state index is 0.0423. The lowest BCUT2D eigenvalue weighted by molar-refractivity contribution is -0.154. The smallest absolute Gasteiger partial charge is 0.334 e. The van der Waals surface area contributed by atoms with Crippen LogP contribution in [0.25, 0.3) is 0 Å². The molecule has 0 saturated carbocycles. The molecule has 0 aromatic heterocycles. The van der Waals surface area contributed by atoms with E-state index in [9.17, 15) is 9.90 Å². The van der Waals surface area contributed by atoms with E-state index in [1.807, 2.05) is 13.0 Å². The van der Waals surface area contributed by atoms with Crippen LogP contribution in [0.2, 0.25) is 0 Å². The lowest BCUT2D eigenvalue weighted by atomic mass is 9.98. The summed E-state index contributed by atoms with van der Waals surface area (Å²) in [6.45, 7) is 4.49. The monoisotopic (exact) mass is 634 g/mol. The van der Waals surface area contributed by atoms with Crippen LogP contribution in [0.5, 0.6) is 0 Å². The Bertz CT molecular complexity index is 846. The van der Waals surface area contributed by atoms with Gasteiger partial charge in [-0.25, -0.2) is 4.79 Å². The minimum Gasteiger partial charge on any atom is -0.455 e. The molecule has 3 fully saturated rings. The van der Waals surface area contributed by atoms with Gasteiger partial charge in [0.1, 0.15) is 12.9 Å². The predicted octanol–water partition coefficient (Wildman–Crippen LogP) is 8.88. The standard InChI is InChI=1S/C38H66O7/c1-3-4-5-6-7-8-9-10-14-17-20-32(39)33-23-26-37(45-33)35-25-24-34(41-28-42-35)36-22-21-31(44-36)19-16-13-11-12-15-18-30-27-29(2)43-38(30)40/h27,29,31-37,39H,3-26,28H2,1-2H3/t29-,31+,32+,33+,34-,35+,36-,37+/m0/s1. The van der Waals surface area contributed by atoms with E-state index < -0.39 is 0 Å². The van der Waals surface area contributed by atoms with Gasteiger partial charge in [0.25, 0.3) is 0 Å². The van der Waals surface area contributed by atoms with E-state index in [4.69, 9.17) is 23.7 Å². The molecule has 7 heteroatoms. The van der Waals surface area contributed by atoms with Gasteiger partial charge in [-0.15, -0.1) is 0 Å². The van der Waals surface area contributed by atoms with Crippen LogP contribution in [-0.4, -0.2) is 66.7 Å². The number of rotatable bonds is 22. The second-order valence-electron chi connectivity index (χ2n) is 14.4. The molecule has 1 N–H and O–H groups in total.